The number of ether oxygens (including phenoxy) is 1. The molecule has 364 valence electrons. The molecule has 2 amide bonds. The third-order valence-electron chi connectivity index (χ3n) is 13.6. The highest BCUT2D eigenvalue weighted by Gasteiger charge is 2.33. The largest absolute Gasteiger partial charge is 0.492 e. The molecule has 3 aromatic heterocycles. The van der Waals surface area contributed by atoms with Crippen LogP contribution in [0.5, 0.6) is 5.75 Å². The Morgan fingerprint density at radius 2 is 1.68 bits per heavy atom. The molecule has 0 saturated carbocycles. The van der Waals surface area contributed by atoms with Crippen LogP contribution in [0.15, 0.2) is 73.3 Å². The first-order valence-corrected chi connectivity index (χ1v) is 27.3. The van der Waals surface area contributed by atoms with Crippen LogP contribution in [0, 0.1) is 0 Å². The van der Waals surface area contributed by atoms with E-state index in [9.17, 15) is 23.7 Å². The Bertz CT molecular complexity index is 3100. The van der Waals surface area contributed by atoms with Crippen LogP contribution in [0.2, 0.25) is 0 Å². The number of carbonyl (C=O) groups excluding carboxylic acids is 2. The van der Waals surface area contributed by atoms with E-state index >= 15 is 0 Å². The number of nitrogens with zero attached hydrogens (tertiary/aromatic N) is 8. The molecule has 0 bridgehead atoms. The molecule has 20 heteroatoms. The van der Waals surface area contributed by atoms with Crippen LogP contribution in [0.4, 0.5) is 28.8 Å². The van der Waals surface area contributed by atoms with Gasteiger partial charge in [0, 0.05) is 93.5 Å². The number of halogens is 1. The molecular formula is C49H59BrN11O7P. The average Bonchev–Trinajstić information content (AvgIpc) is 3.68. The number of piperidine rings is 2. The highest BCUT2D eigenvalue weighted by atomic mass is 79.9. The molecule has 3 fully saturated rings. The van der Waals surface area contributed by atoms with Gasteiger partial charge < -0.3 is 34.2 Å². The maximum absolute atomic E-state index is 13.8. The topological polar surface area (TPSA) is 202 Å². The van der Waals surface area contributed by atoms with Gasteiger partial charge in [-0.05, 0) is 111 Å². The monoisotopic (exact) mass is 1020 g/mol. The summed E-state index contributed by atoms with van der Waals surface area (Å²) in [4.78, 5) is 67.5. The van der Waals surface area contributed by atoms with Gasteiger partial charge in [-0.15, -0.1) is 0 Å². The zero-order chi connectivity index (χ0) is 48.6. The van der Waals surface area contributed by atoms with Gasteiger partial charge >= 0.3 is 5.76 Å². The van der Waals surface area contributed by atoms with Gasteiger partial charge in [0.1, 0.15) is 24.8 Å². The second-order valence-electron chi connectivity index (χ2n) is 18.3. The van der Waals surface area contributed by atoms with E-state index in [2.05, 4.69) is 75.7 Å². The minimum absolute atomic E-state index is 0.182. The van der Waals surface area contributed by atoms with Gasteiger partial charge in [-0.1, -0.05) is 19.1 Å². The zero-order valence-corrected chi connectivity index (χ0v) is 42.2. The second kappa shape index (κ2) is 20.2. The number of imide groups is 1. The summed E-state index contributed by atoms with van der Waals surface area (Å²) in [7, 11) is -2.91. The van der Waals surface area contributed by atoms with E-state index in [1.807, 2.05) is 26.0 Å². The predicted octanol–water partition coefficient (Wildman–Crippen LogP) is 6.38. The number of hydrogen-bond acceptors (Lipinski definition) is 15. The molecule has 3 N–H and O–H groups in total. The molecular weight excluding hydrogens is 965 g/mol. The molecule has 3 saturated heterocycles. The summed E-state index contributed by atoms with van der Waals surface area (Å²) < 4.78 is 29.1. The highest BCUT2D eigenvalue weighted by molar-refractivity contribution is 9.10. The summed E-state index contributed by atoms with van der Waals surface area (Å²) in [5.41, 5.74) is 5.46. The number of aromatic nitrogens is 5. The lowest BCUT2D eigenvalue weighted by molar-refractivity contribution is -0.135. The highest BCUT2D eigenvalue weighted by Crippen LogP contribution is 2.42. The fourth-order valence-corrected chi connectivity index (χ4v) is 11.9. The van der Waals surface area contributed by atoms with Crippen molar-refractivity contribution in [2.24, 2.45) is 0 Å². The van der Waals surface area contributed by atoms with E-state index in [-0.39, 0.29) is 24.3 Å². The fraction of sp³-hybridized carbons (Fsp3) is 0.449. The Balaban J connectivity index is 0.832. The summed E-state index contributed by atoms with van der Waals surface area (Å²) in [5.74, 6) is 0.125. The number of oxazole rings is 1. The number of carbonyl (C=O) groups is 2. The number of nitrogens with one attached hydrogen (secondary N) is 3. The van der Waals surface area contributed by atoms with Crippen molar-refractivity contribution in [2.75, 3.05) is 81.3 Å². The van der Waals surface area contributed by atoms with Gasteiger partial charge in [0.05, 0.1) is 39.6 Å². The second-order valence-corrected chi connectivity index (χ2v) is 22.3. The van der Waals surface area contributed by atoms with Crippen molar-refractivity contribution in [3.63, 3.8) is 0 Å². The van der Waals surface area contributed by atoms with Crippen LogP contribution >= 0.6 is 23.1 Å². The molecule has 6 heterocycles. The lowest BCUT2D eigenvalue weighted by Gasteiger charge is -2.43. The molecule has 3 aliphatic heterocycles. The molecule has 9 rings (SSSR count). The number of benzene rings is 3. The summed E-state index contributed by atoms with van der Waals surface area (Å²) in [6.07, 6.45) is 7.36. The van der Waals surface area contributed by atoms with Gasteiger partial charge in [-0.25, -0.2) is 14.5 Å². The Kier molecular flexibility index (Phi) is 14.1. The van der Waals surface area contributed by atoms with Crippen molar-refractivity contribution in [1.29, 1.82) is 0 Å². The molecule has 6 aromatic rings. The molecule has 1 atom stereocenters. The maximum Gasteiger partial charge on any atom is 0.420 e. The first-order chi connectivity index (χ1) is 33.2. The fourth-order valence-electron chi connectivity index (χ4n) is 10.1. The first-order valence-electron chi connectivity index (χ1n) is 23.9. The van der Waals surface area contributed by atoms with Gasteiger partial charge in [0.15, 0.2) is 5.58 Å². The van der Waals surface area contributed by atoms with Crippen molar-refractivity contribution < 1.29 is 23.3 Å². The normalized spacial score (nSPS) is 17.7. The average molecular weight is 1020 g/mol. The third-order valence-corrected chi connectivity index (χ3v) is 15.8. The SMILES string of the molecule is CCOc1cc(N2CCC(N3CCN(CCc4cccc5c4oc(=O)n5C4CCC(=O)NC4=O)CC3)CC2)c(CC)cc1Nc1ncc(Br)c(Nc2ccc3c(=O)n(CC)ncc3c2P(C)(C)=O)n1. The third kappa shape index (κ3) is 9.96. The Morgan fingerprint density at radius 3 is 2.39 bits per heavy atom. The van der Waals surface area contributed by atoms with Crippen molar-refractivity contribution in [1.82, 2.24) is 39.4 Å². The first kappa shape index (κ1) is 48.2. The van der Waals surface area contributed by atoms with Crippen molar-refractivity contribution in [3.05, 3.63) is 91.4 Å². The number of fused-ring (bicyclic) bond motifs is 2. The van der Waals surface area contributed by atoms with E-state index in [0.29, 0.717) is 80.5 Å². The van der Waals surface area contributed by atoms with E-state index in [4.69, 9.17) is 14.1 Å². The molecule has 0 radical (unpaired) electrons. The smallest absolute Gasteiger partial charge is 0.420 e. The summed E-state index contributed by atoms with van der Waals surface area (Å²) in [6.45, 7) is 16.8. The van der Waals surface area contributed by atoms with Gasteiger partial charge in [0.25, 0.3) is 5.56 Å². The van der Waals surface area contributed by atoms with Crippen molar-refractivity contribution >= 4 is 90.9 Å². The van der Waals surface area contributed by atoms with Gasteiger partial charge in [0.2, 0.25) is 17.8 Å². The number of rotatable bonds is 15. The minimum Gasteiger partial charge on any atom is -0.492 e. The van der Waals surface area contributed by atoms with E-state index in [1.54, 1.807) is 43.9 Å². The van der Waals surface area contributed by atoms with Crippen LogP contribution in [0.3, 0.4) is 0 Å². The van der Waals surface area contributed by atoms with Gasteiger partial charge in [-0.3, -0.25) is 29.2 Å². The van der Waals surface area contributed by atoms with Crippen LogP contribution < -0.4 is 42.2 Å². The lowest BCUT2D eigenvalue weighted by Crippen LogP contribution is -2.53. The van der Waals surface area contributed by atoms with E-state index in [1.165, 1.54) is 20.5 Å². The zero-order valence-electron chi connectivity index (χ0n) is 39.7. The Hall–Kier alpha value is -5.88. The van der Waals surface area contributed by atoms with Crippen LogP contribution in [-0.2, 0) is 33.5 Å². The molecule has 1 unspecified atom stereocenters. The molecule has 18 nitrogen and oxygen atoms in total. The van der Waals surface area contributed by atoms with Gasteiger partial charge in [-0.2, -0.15) is 10.1 Å². The van der Waals surface area contributed by atoms with Crippen LogP contribution in [0.25, 0.3) is 21.9 Å². The number of amides is 2. The molecule has 0 spiro atoms. The molecule has 3 aromatic carbocycles. The number of piperazine rings is 1. The summed E-state index contributed by atoms with van der Waals surface area (Å²) in [5, 5.41) is 15.0. The van der Waals surface area contributed by atoms with Crippen molar-refractivity contribution in [2.45, 2.75) is 77.9 Å². The molecule has 0 aliphatic carbocycles. The molecule has 69 heavy (non-hydrogen) atoms. The Labute approximate surface area is 408 Å². The number of hydrogen-bond donors (Lipinski definition) is 3. The van der Waals surface area contributed by atoms with Crippen molar-refractivity contribution in [3.8, 4) is 5.75 Å². The lowest BCUT2D eigenvalue weighted by atomic mass is 9.99. The standard InChI is InChI=1S/C49H59BrN11O7P/c1-6-30-26-37(54-48-51-29-35(50)45(56-48)53-36-13-12-33-34(44(36)69(4,5)66)28-52-60(7-2)47(33)64)41(67-8-3)27-40(30)59-20-17-32(18-21-59)58-24-22-57(23-25-58)19-16-31-10-9-11-38-43(31)68-49(65)61(38)39-14-15-42(62)55-46(39)63/h9-13,26-29,32,39H,6-8,14-25H2,1-5H3,(H,55,62,63)(H2,51,53,54,56). The van der Waals surface area contributed by atoms with E-state index in [0.717, 1.165) is 76.3 Å². The maximum atomic E-state index is 13.8. The van der Waals surface area contributed by atoms with Crippen LogP contribution in [-0.4, -0.2) is 118 Å². The summed E-state index contributed by atoms with van der Waals surface area (Å²) in [6, 6.07) is 13.2. The number of para-hydroxylation sites is 1. The predicted molar refractivity (Wildman–Crippen MR) is 273 cm³/mol. The quantitative estimate of drug-likeness (QED) is 0.0755. The number of aryl methyl sites for hydroxylation is 2. The molecule has 3 aliphatic rings. The van der Waals surface area contributed by atoms with E-state index < -0.39 is 24.8 Å². The minimum atomic E-state index is -2.91. The van der Waals surface area contributed by atoms with Crippen LogP contribution in [0.1, 0.15) is 63.6 Å². The Morgan fingerprint density at radius 1 is 0.899 bits per heavy atom. The summed E-state index contributed by atoms with van der Waals surface area (Å²) >= 11 is 3.60. The number of anilines is 5.